The average molecular weight is 221 g/mol. The highest BCUT2D eigenvalue weighted by Gasteiger charge is 2.11. The van der Waals surface area contributed by atoms with Crippen molar-refractivity contribution >= 4 is 5.97 Å². The van der Waals surface area contributed by atoms with Crippen molar-refractivity contribution in [1.82, 2.24) is 0 Å². The number of carbonyl (C=O) groups excluding carboxylic acids is 1. The monoisotopic (exact) mass is 221 g/mol. The van der Waals surface area contributed by atoms with Crippen molar-refractivity contribution in [1.29, 1.82) is 0 Å². The van der Waals surface area contributed by atoms with Crippen molar-refractivity contribution in [2.45, 2.75) is 32.2 Å². The van der Waals surface area contributed by atoms with Gasteiger partial charge in [-0.15, -0.1) is 0 Å². The Bertz CT molecular complexity index is 311. The summed E-state index contributed by atoms with van der Waals surface area (Å²) in [6.45, 7) is 2.32. The van der Waals surface area contributed by atoms with Gasteiger partial charge in [0.1, 0.15) is 6.04 Å². The summed E-state index contributed by atoms with van der Waals surface area (Å²) in [6.07, 6.45) is 2.39. The van der Waals surface area contributed by atoms with E-state index in [9.17, 15) is 4.79 Å². The number of rotatable bonds is 6. The SMILES string of the molecule is CC[C@@H](N)C(=O)OCCCc1ccccc1. The van der Waals surface area contributed by atoms with Gasteiger partial charge < -0.3 is 10.5 Å². The molecule has 16 heavy (non-hydrogen) atoms. The third-order valence-corrected chi connectivity index (χ3v) is 2.44. The summed E-state index contributed by atoms with van der Waals surface area (Å²) in [7, 11) is 0. The van der Waals surface area contributed by atoms with Crippen LogP contribution in [0.2, 0.25) is 0 Å². The molecule has 0 spiro atoms. The molecule has 0 unspecified atom stereocenters. The van der Waals surface area contributed by atoms with Gasteiger partial charge in [-0.25, -0.2) is 0 Å². The first-order chi connectivity index (χ1) is 7.74. The molecule has 0 fully saturated rings. The van der Waals surface area contributed by atoms with Crippen LogP contribution in [-0.4, -0.2) is 18.6 Å². The molecule has 3 nitrogen and oxygen atoms in total. The summed E-state index contributed by atoms with van der Waals surface area (Å²) in [6, 6.07) is 9.67. The Morgan fingerprint density at radius 3 is 2.69 bits per heavy atom. The van der Waals surface area contributed by atoms with Gasteiger partial charge in [-0.2, -0.15) is 0 Å². The largest absolute Gasteiger partial charge is 0.465 e. The molecule has 2 N–H and O–H groups in total. The van der Waals surface area contributed by atoms with Crippen LogP contribution in [0.3, 0.4) is 0 Å². The minimum Gasteiger partial charge on any atom is -0.465 e. The Morgan fingerprint density at radius 2 is 2.06 bits per heavy atom. The smallest absolute Gasteiger partial charge is 0.322 e. The average Bonchev–Trinajstić information content (AvgIpc) is 2.34. The van der Waals surface area contributed by atoms with Crippen molar-refractivity contribution in [3.05, 3.63) is 35.9 Å². The fourth-order valence-corrected chi connectivity index (χ4v) is 1.37. The van der Waals surface area contributed by atoms with E-state index in [0.29, 0.717) is 13.0 Å². The molecule has 1 aromatic carbocycles. The summed E-state index contributed by atoms with van der Waals surface area (Å²) >= 11 is 0. The topological polar surface area (TPSA) is 52.3 Å². The van der Waals surface area contributed by atoms with Crippen molar-refractivity contribution in [3.63, 3.8) is 0 Å². The number of aryl methyl sites for hydroxylation is 1. The summed E-state index contributed by atoms with van der Waals surface area (Å²) in [5.74, 6) is -0.296. The molecule has 1 rings (SSSR count). The maximum absolute atomic E-state index is 11.2. The molecule has 0 radical (unpaired) electrons. The first kappa shape index (κ1) is 12.7. The number of benzene rings is 1. The van der Waals surface area contributed by atoms with Crippen LogP contribution < -0.4 is 5.73 Å². The normalized spacial score (nSPS) is 12.1. The van der Waals surface area contributed by atoms with Crippen molar-refractivity contribution in [3.8, 4) is 0 Å². The van der Waals surface area contributed by atoms with Crippen LogP contribution in [-0.2, 0) is 16.0 Å². The third-order valence-electron chi connectivity index (χ3n) is 2.44. The predicted octanol–water partition coefficient (Wildman–Crippen LogP) is 1.90. The Labute approximate surface area is 96.6 Å². The highest BCUT2D eigenvalue weighted by Crippen LogP contribution is 2.02. The molecule has 0 bridgehead atoms. The summed E-state index contributed by atoms with van der Waals surface area (Å²) in [5, 5.41) is 0. The van der Waals surface area contributed by atoms with Gasteiger partial charge in [-0.05, 0) is 24.8 Å². The van der Waals surface area contributed by atoms with Gasteiger partial charge in [-0.3, -0.25) is 4.79 Å². The summed E-state index contributed by atoms with van der Waals surface area (Å²) in [5.41, 5.74) is 6.80. The van der Waals surface area contributed by atoms with Gasteiger partial charge in [0.2, 0.25) is 0 Å². The van der Waals surface area contributed by atoms with E-state index < -0.39 is 6.04 Å². The van der Waals surface area contributed by atoms with Gasteiger partial charge in [0, 0.05) is 0 Å². The molecule has 0 amide bonds. The van der Waals surface area contributed by atoms with Crippen LogP contribution in [0.1, 0.15) is 25.3 Å². The van der Waals surface area contributed by atoms with Gasteiger partial charge >= 0.3 is 5.97 Å². The van der Waals surface area contributed by atoms with Gasteiger partial charge in [0.05, 0.1) is 6.61 Å². The fourth-order valence-electron chi connectivity index (χ4n) is 1.37. The molecule has 0 aromatic heterocycles. The van der Waals surface area contributed by atoms with Crippen molar-refractivity contribution in [2.24, 2.45) is 5.73 Å². The Hall–Kier alpha value is -1.35. The summed E-state index contributed by atoms with van der Waals surface area (Å²) in [4.78, 5) is 11.2. The predicted molar refractivity (Wildman–Crippen MR) is 64.0 cm³/mol. The lowest BCUT2D eigenvalue weighted by Gasteiger charge is -2.09. The van der Waals surface area contributed by atoms with E-state index in [1.165, 1.54) is 5.56 Å². The Morgan fingerprint density at radius 1 is 1.38 bits per heavy atom. The molecule has 3 heteroatoms. The van der Waals surface area contributed by atoms with Crippen molar-refractivity contribution in [2.75, 3.05) is 6.61 Å². The van der Waals surface area contributed by atoms with Crippen LogP contribution in [0.5, 0.6) is 0 Å². The number of esters is 1. The lowest BCUT2D eigenvalue weighted by Crippen LogP contribution is -2.31. The van der Waals surface area contributed by atoms with Crippen LogP contribution in [0.4, 0.5) is 0 Å². The highest BCUT2D eigenvalue weighted by atomic mass is 16.5. The zero-order valence-corrected chi connectivity index (χ0v) is 9.69. The Balaban J connectivity index is 2.15. The zero-order valence-electron chi connectivity index (χ0n) is 9.69. The van der Waals surface area contributed by atoms with E-state index in [0.717, 1.165) is 12.8 Å². The van der Waals surface area contributed by atoms with E-state index >= 15 is 0 Å². The van der Waals surface area contributed by atoms with E-state index in [4.69, 9.17) is 10.5 Å². The molecule has 0 aliphatic rings. The Kier molecular flexibility index (Phi) is 5.57. The van der Waals surface area contributed by atoms with E-state index in [2.05, 4.69) is 12.1 Å². The molecular formula is C13H19NO2. The molecule has 1 aromatic rings. The van der Waals surface area contributed by atoms with E-state index in [1.54, 1.807) is 0 Å². The molecule has 0 saturated heterocycles. The maximum Gasteiger partial charge on any atom is 0.322 e. The molecule has 0 aliphatic heterocycles. The summed E-state index contributed by atoms with van der Waals surface area (Å²) < 4.78 is 5.05. The molecular weight excluding hydrogens is 202 g/mol. The number of carbonyl (C=O) groups is 1. The highest BCUT2D eigenvalue weighted by molar-refractivity contribution is 5.75. The number of nitrogens with two attached hydrogens (primary N) is 1. The first-order valence-corrected chi connectivity index (χ1v) is 5.70. The number of hydrogen-bond donors (Lipinski definition) is 1. The van der Waals surface area contributed by atoms with E-state index in [-0.39, 0.29) is 5.97 Å². The van der Waals surface area contributed by atoms with Crippen LogP contribution in [0, 0.1) is 0 Å². The van der Waals surface area contributed by atoms with E-state index in [1.807, 2.05) is 25.1 Å². The molecule has 1 atom stereocenters. The second kappa shape index (κ2) is 7.01. The number of hydrogen-bond acceptors (Lipinski definition) is 3. The standard InChI is InChI=1S/C13H19NO2/c1-2-12(14)13(15)16-10-6-9-11-7-4-3-5-8-11/h3-5,7-8,12H,2,6,9-10,14H2,1H3/t12-/m1/s1. The first-order valence-electron chi connectivity index (χ1n) is 5.70. The fraction of sp³-hybridized carbons (Fsp3) is 0.462. The second-order valence-corrected chi connectivity index (χ2v) is 3.77. The van der Waals surface area contributed by atoms with Crippen LogP contribution in [0.15, 0.2) is 30.3 Å². The number of ether oxygens (including phenoxy) is 1. The lowest BCUT2D eigenvalue weighted by molar-refractivity contribution is -0.145. The van der Waals surface area contributed by atoms with Gasteiger partial charge in [0.25, 0.3) is 0 Å². The van der Waals surface area contributed by atoms with Gasteiger partial charge in [0.15, 0.2) is 0 Å². The van der Waals surface area contributed by atoms with Gasteiger partial charge in [-0.1, -0.05) is 37.3 Å². The van der Waals surface area contributed by atoms with Crippen LogP contribution >= 0.6 is 0 Å². The molecule has 88 valence electrons. The van der Waals surface area contributed by atoms with Crippen molar-refractivity contribution < 1.29 is 9.53 Å². The molecule has 0 aliphatic carbocycles. The minimum absolute atomic E-state index is 0.296. The van der Waals surface area contributed by atoms with Crippen LogP contribution in [0.25, 0.3) is 0 Å². The molecule has 0 heterocycles. The minimum atomic E-state index is -0.475. The third kappa shape index (κ3) is 4.45. The zero-order chi connectivity index (χ0) is 11.8. The maximum atomic E-state index is 11.2. The second-order valence-electron chi connectivity index (χ2n) is 3.77. The molecule has 0 saturated carbocycles. The quantitative estimate of drug-likeness (QED) is 0.589. The lowest BCUT2D eigenvalue weighted by atomic mass is 10.1.